The van der Waals surface area contributed by atoms with Gasteiger partial charge in [-0.05, 0) is 63.9 Å². The van der Waals surface area contributed by atoms with Crippen molar-refractivity contribution < 1.29 is 0 Å². The zero-order valence-corrected chi connectivity index (χ0v) is 14.4. The van der Waals surface area contributed by atoms with E-state index in [1.165, 1.54) is 68.2 Å². The number of nitrogens with one attached hydrogen (secondary N) is 1. The van der Waals surface area contributed by atoms with E-state index in [1.807, 2.05) is 11.8 Å². The van der Waals surface area contributed by atoms with Crippen LogP contribution in [0.3, 0.4) is 0 Å². The van der Waals surface area contributed by atoms with Gasteiger partial charge in [0.2, 0.25) is 0 Å². The molecule has 0 radical (unpaired) electrons. The van der Waals surface area contributed by atoms with Gasteiger partial charge in [0.05, 0.1) is 0 Å². The minimum absolute atomic E-state index is 0.905. The molecule has 118 valence electrons. The molecule has 0 spiro atoms. The molecule has 0 aliphatic carbocycles. The summed E-state index contributed by atoms with van der Waals surface area (Å²) in [6, 6.07) is 8.91. The molecule has 0 bridgehead atoms. The van der Waals surface area contributed by atoms with Gasteiger partial charge in [0.1, 0.15) is 0 Å². The van der Waals surface area contributed by atoms with Crippen molar-refractivity contribution in [1.82, 2.24) is 10.2 Å². The van der Waals surface area contributed by atoms with Crippen molar-refractivity contribution in [2.45, 2.75) is 38.0 Å². The molecule has 2 nitrogen and oxygen atoms in total. The fourth-order valence-corrected chi connectivity index (χ4v) is 3.88. The van der Waals surface area contributed by atoms with Crippen LogP contribution in [0.5, 0.6) is 0 Å². The highest BCUT2D eigenvalue weighted by Gasteiger charge is 2.16. The van der Waals surface area contributed by atoms with Gasteiger partial charge in [-0.2, -0.15) is 0 Å². The molecule has 0 aromatic heterocycles. The number of hydrogen-bond donors (Lipinski definition) is 1. The summed E-state index contributed by atoms with van der Waals surface area (Å²) in [4.78, 5) is 4.08. The molecule has 0 unspecified atom stereocenters. The standard InChI is InChI=1S/C18H30N2S/c1-3-12-20(15-17-8-10-19-11-9-17)13-14-21-18-6-4-16(2)5-7-18/h4-7,17,19H,3,8-15H2,1-2H3. The van der Waals surface area contributed by atoms with Gasteiger partial charge in [-0.25, -0.2) is 0 Å². The Balaban J connectivity index is 1.72. The van der Waals surface area contributed by atoms with Crippen LogP contribution in [-0.4, -0.2) is 43.4 Å². The van der Waals surface area contributed by atoms with E-state index >= 15 is 0 Å². The molecule has 1 fully saturated rings. The van der Waals surface area contributed by atoms with E-state index in [1.54, 1.807) is 0 Å². The van der Waals surface area contributed by atoms with E-state index in [0.717, 1.165) is 5.92 Å². The quantitative estimate of drug-likeness (QED) is 0.736. The number of aryl methyl sites for hydroxylation is 1. The molecule has 1 heterocycles. The molecule has 1 aromatic carbocycles. The first kappa shape index (κ1) is 16.9. The van der Waals surface area contributed by atoms with E-state index in [-0.39, 0.29) is 0 Å². The van der Waals surface area contributed by atoms with E-state index in [9.17, 15) is 0 Å². The lowest BCUT2D eigenvalue weighted by molar-refractivity contribution is 0.215. The summed E-state index contributed by atoms with van der Waals surface area (Å²) in [6.45, 7) is 10.6. The lowest BCUT2D eigenvalue weighted by Crippen LogP contribution is -2.37. The SMILES string of the molecule is CCCN(CCSc1ccc(C)cc1)CC1CCNCC1. The number of rotatable bonds is 8. The van der Waals surface area contributed by atoms with E-state index in [2.05, 4.69) is 48.3 Å². The minimum Gasteiger partial charge on any atom is -0.317 e. The zero-order valence-electron chi connectivity index (χ0n) is 13.6. The second kappa shape index (κ2) is 9.50. The van der Waals surface area contributed by atoms with Crippen LogP contribution in [0.4, 0.5) is 0 Å². The maximum atomic E-state index is 3.47. The Morgan fingerprint density at radius 2 is 1.86 bits per heavy atom. The third-order valence-electron chi connectivity index (χ3n) is 4.21. The molecule has 0 atom stereocenters. The summed E-state index contributed by atoms with van der Waals surface area (Å²) in [7, 11) is 0. The highest BCUT2D eigenvalue weighted by molar-refractivity contribution is 7.99. The molecule has 0 saturated carbocycles. The molecule has 1 saturated heterocycles. The van der Waals surface area contributed by atoms with Gasteiger partial charge in [-0.1, -0.05) is 24.6 Å². The van der Waals surface area contributed by atoms with Crippen LogP contribution in [0.2, 0.25) is 0 Å². The highest BCUT2D eigenvalue weighted by Crippen LogP contribution is 2.19. The van der Waals surface area contributed by atoms with Crippen LogP contribution < -0.4 is 5.32 Å². The Morgan fingerprint density at radius 1 is 1.14 bits per heavy atom. The number of thioether (sulfide) groups is 1. The van der Waals surface area contributed by atoms with Crippen molar-refractivity contribution in [1.29, 1.82) is 0 Å². The first-order valence-electron chi connectivity index (χ1n) is 8.40. The molecule has 2 rings (SSSR count). The lowest BCUT2D eigenvalue weighted by Gasteiger charge is -2.29. The van der Waals surface area contributed by atoms with Crippen molar-refractivity contribution in [3.05, 3.63) is 29.8 Å². The first-order chi connectivity index (χ1) is 10.3. The van der Waals surface area contributed by atoms with E-state index in [4.69, 9.17) is 0 Å². The Bertz CT molecular complexity index is 385. The predicted octanol–water partition coefficient (Wildman–Crippen LogP) is 3.80. The van der Waals surface area contributed by atoms with E-state index in [0.29, 0.717) is 0 Å². The van der Waals surface area contributed by atoms with Crippen LogP contribution in [0.1, 0.15) is 31.7 Å². The van der Waals surface area contributed by atoms with Gasteiger partial charge in [0, 0.05) is 23.7 Å². The highest BCUT2D eigenvalue weighted by atomic mass is 32.2. The van der Waals surface area contributed by atoms with Crippen molar-refractivity contribution in [2.75, 3.05) is 38.5 Å². The van der Waals surface area contributed by atoms with Gasteiger partial charge in [-0.3, -0.25) is 0 Å². The van der Waals surface area contributed by atoms with Crippen molar-refractivity contribution >= 4 is 11.8 Å². The molecule has 3 heteroatoms. The van der Waals surface area contributed by atoms with Gasteiger partial charge >= 0.3 is 0 Å². The van der Waals surface area contributed by atoms with Crippen LogP contribution in [0.25, 0.3) is 0 Å². The van der Waals surface area contributed by atoms with Crippen LogP contribution in [0.15, 0.2) is 29.2 Å². The monoisotopic (exact) mass is 306 g/mol. The summed E-state index contributed by atoms with van der Waals surface area (Å²) < 4.78 is 0. The molecule has 1 N–H and O–H groups in total. The average Bonchev–Trinajstić information content (AvgIpc) is 2.50. The predicted molar refractivity (Wildman–Crippen MR) is 94.2 cm³/mol. The fraction of sp³-hybridized carbons (Fsp3) is 0.667. The van der Waals surface area contributed by atoms with Crippen LogP contribution in [0, 0.1) is 12.8 Å². The van der Waals surface area contributed by atoms with Gasteiger partial charge in [0.25, 0.3) is 0 Å². The molecule has 1 aliphatic rings. The molecular weight excluding hydrogens is 276 g/mol. The smallest absolute Gasteiger partial charge is 0.0108 e. The third-order valence-corrected chi connectivity index (χ3v) is 5.20. The van der Waals surface area contributed by atoms with E-state index < -0.39 is 0 Å². The topological polar surface area (TPSA) is 15.3 Å². The van der Waals surface area contributed by atoms with Crippen molar-refractivity contribution in [3.63, 3.8) is 0 Å². The van der Waals surface area contributed by atoms with Gasteiger partial charge < -0.3 is 10.2 Å². The molecule has 0 amide bonds. The second-order valence-electron chi connectivity index (χ2n) is 6.16. The van der Waals surface area contributed by atoms with Crippen molar-refractivity contribution in [3.8, 4) is 0 Å². The maximum absolute atomic E-state index is 3.47. The zero-order chi connectivity index (χ0) is 14.9. The molecule has 1 aromatic rings. The average molecular weight is 307 g/mol. The molecular formula is C18H30N2S. The Hall–Kier alpha value is -0.510. The number of piperidine rings is 1. The fourth-order valence-electron chi connectivity index (χ4n) is 2.97. The number of nitrogens with zero attached hydrogens (tertiary/aromatic N) is 1. The maximum Gasteiger partial charge on any atom is 0.0108 e. The summed E-state index contributed by atoms with van der Waals surface area (Å²) in [6.07, 6.45) is 3.97. The van der Waals surface area contributed by atoms with Crippen LogP contribution in [-0.2, 0) is 0 Å². The summed E-state index contributed by atoms with van der Waals surface area (Å²) >= 11 is 1.99. The van der Waals surface area contributed by atoms with Crippen molar-refractivity contribution in [2.24, 2.45) is 5.92 Å². The second-order valence-corrected chi connectivity index (χ2v) is 7.32. The molecule has 21 heavy (non-hydrogen) atoms. The number of hydrogen-bond acceptors (Lipinski definition) is 3. The summed E-state index contributed by atoms with van der Waals surface area (Å²) in [5.41, 5.74) is 1.35. The van der Waals surface area contributed by atoms with Gasteiger partial charge in [0.15, 0.2) is 0 Å². The lowest BCUT2D eigenvalue weighted by atomic mass is 9.97. The normalized spacial score (nSPS) is 16.5. The Morgan fingerprint density at radius 3 is 2.52 bits per heavy atom. The molecule has 1 aliphatic heterocycles. The Labute approximate surface area is 134 Å². The van der Waals surface area contributed by atoms with Gasteiger partial charge in [-0.15, -0.1) is 11.8 Å². The third kappa shape index (κ3) is 6.41. The largest absolute Gasteiger partial charge is 0.317 e. The first-order valence-corrected chi connectivity index (χ1v) is 9.39. The summed E-state index contributed by atoms with van der Waals surface area (Å²) in [5, 5.41) is 3.47. The summed E-state index contributed by atoms with van der Waals surface area (Å²) in [5.74, 6) is 2.11. The minimum atomic E-state index is 0.905. The Kier molecular flexibility index (Phi) is 7.62. The van der Waals surface area contributed by atoms with Crippen LogP contribution >= 0.6 is 11.8 Å². The number of benzene rings is 1.